The summed E-state index contributed by atoms with van der Waals surface area (Å²) in [6.45, 7) is 0. The van der Waals surface area contributed by atoms with Crippen molar-refractivity contribution in [2.45, 2.75) is 31.5 Å². The third kappa shape index (κ3) is 1.89. The number of halogens is 1. The van der Waals surface area contributed by atoms with E-state index in [0.29, 0.717) is 6.42 Å². The number of carbonyl (C=O) groups is 1. The van der Waals surface area contributed by atoms with Gasteiger partial charge in [0.2, 0.25) is 0 Å². The first kappa shape index (κ1) is 8.46. The molecule has 0 amide bonds. The van der Waals surface area contributed by atoms with Gasteiger partial charge >= 0.3 is 5.97 Å². The summed E-state index contributed by atoms with van der Waals surface area (Å²) in [5, 5.41) is 17.5. The fraction of sp³-hybridized carbons (Fsp3) is 0.857. The van der Waals surface area contributed by atoms with Gasteiger partial charge < -0.3 is 10.2 Å². The van der Waals surface area contributed by atoms with E-state index in [1.54, 1.807) is 0 Å². The highest BCUT2D eigenvalue weighted by atomic mass is 19.1. The van der Waals surface area contributed by atoms with Crippen LogP contribution in [0.3, 0.4) is 0 Å². The number of aliphatic hydroxyl groups excluding tert-OH is 1. The summed E-state index contributed by atoms with van der Waals surface area (Å²) in [6.07, 6.45) is -1.75. The molecule has 2 N–H and O–H groups in total. The lowest BCUT2D eigenvalue weighted by atomic mass is 9.86. The zero-order valence-corrected chi connectivity index (χ0v) is 6.03. The van der Waals surface area contributed by atoms with Gasteiger partial charge in [0.25, 0.3) is 0 Å². The second-order valence-electron chi connectivity index (χ2n) is 2.93. The zero-order valence-electron chi connectivity index (χ0n) is 6.03. The number of hydrogen-bond donors (Lipinski definition) is 2. The maximum Gasteiger partial charge on any atom is 0.306 e. The van der Waals surface area contributed by atoms with Crippen molar-refractivity contribution in [3.05, 3.63) is 0 Å². The molecule has 3 nitrogen and oxygen atoms in total. The minimum absolute atomic E-state index is 0.0521. The minimum atomic E-state index is -1.23. The van der Waals surface area contributed by atoms with Gasteiger partial charge in [0, 0.05) is 0 Å². The number of carboxylic acid groups (broad SMARTS) is 1. The minimum Gasteiger partial charge on any atom is -0.481 e. The largest absolute Gasteiger partial charge is 0.481 e. The van der Waals surface area contributed by atoms with Gasteiger partial charge in [-0.3, -0.25) is 4.79 Å². The van der Waals surface area contributed by atoms with Crippen LogP contribution in [0.15, 0.2) is 0 Å². The molecule has 0 aromatic carbocycles. The molecule has 0 aromatic rings. The molecule has 0 spiro atoms. The van der Waals surface area contributed by atoms with E-state index in [-0.39, 0.29) is 12.8 Å². The molecule has 0 unspecified atom stereocenters. The van der Waals surface area contributed by atoms with Gasteiger partial charge in [-0.25, -0.2) is 4.39 Å². The summed E-state index contributed by atoms with van der Waals surface area (Å²) in [5.41, 5.74) is 0. The smallest absolute Gasteiger partial charge is 0.306 e. The van der Waals surface area contributed by atoms with Crippen LogP contribution in [-0.2, 0) is 4.79 Å². The van der Waals surface area contributed by atoms with Crippen LogP contribution in [0.4, 0.5) is 4.39 Å². The maximum atomic E-state index is 12.6. The van der Waals surface area contributed by atoms with E-state index in [9.17, 15) is 9.18 Å². The van der Waals surface area contributed by atoms with Crippen molar-refractivity contribution in [3.8, 4) is 0 Å². The van der Waals surface area contributed by atoms with Crippen LogP contribution in [0.5, 0.6) is 0 Å². The molecule has 1 aliphatic rings. The van der Waals surface area contributed by atoms with Gasteiger partial charge in [0.1, 0.15) is 6.17 Å². The summed E-state index contributed by atoms with van der Waals surface area (Å²) < 4.78 is 12.6. The highest BCUT2D eigenvalue weighted by Crippen LogP contribution is 2.26. The normalized spacial score (nSPS) is 38.5. The Balaban J connectivity index is 2.46. The number of alkyl halides is 1. The summed E-state index contributed by atoms with van der Waals surface area (Å²) in [4.78, 5) is 10.4. The second kappa shape index (κ2) is 3.17. The van der Waals surface area contributed by atoms with Crippen LogP contribution < -0.4 is 0 Å². The first-order valence-electron chi connectivity index (χ1n) is 3.66. The number of hydrogen-bond acceptors (Lipinski definition) is 2. The van der Waals surface area contributed by atoms with Crippen molar-refractivity contribution in [2.75, 3.05) is 0 Å². The third-order valence-electron chi connectivity index (χ3n) is 2.08. The van der Waals surface area contributed by atoms with Gasteiger partial charge in [0.15, 0.2) is 0 Å². The molecule has 0 heterocycles. The number of carboxylic acids is 1. The molecule has 0 radical (unpaired) electrons. The van der Waals surface area contributed by atoms with Crippen LogP contribution >= 0.6 is 0 Å². The first-order valence-corrected chi connectivity index (χ1v) is 3.66. The average molecular weight is 162 g/mol. The molecule has 11 heavy (non-hydrogen) atoms. The molecule has 0 aliphatic heterocycles. The molecule has 1 fully saturated rings. The Hall–Kier alpha value is -0.640. The lowest BCUT2D eigenvalue weighted by Gasteiger charge is -2.25. The Morgan fingerprint density at radius 2 is 2.09 bits per heavy atom. The molecule has 64 valence electrons. The Labute approximate surface area is 63.8 Å². The molecule has 4 heteroatoms. The van der Waals surface area contributed by atoms with E-state index in [2.05, 4.69) is 0 Å². The van der Waals surface area contributed by atoms with E-state index in [4.69, 9.17) is 10.2 Å². The standard InChI is InChI=1S/C7H11FO3/c8-5-2-1-4(7(10)11)3-6(5)9/h4-6,9H,1-3H2,(H,10,11)/t4-,5+,6-/m0/s1. The van der Waals surface area contributed by atoms with E-state index >= 15 is 0 Å². The van der Waals surface area contributed by atoms with E-state index in [1.807, 2.05) is 0 Å². The fourth-order valence-electron chi connectivity index (χ4n) is 1.33. The van der Waals surface area contributed by atoms with Crippen molar-refractivity contribution < 1.29 is 19.4 Å². The second-order valence-corrected chi connectivity index (χ2v) is 2.93. The predicted molar refractivity (Wildman–Crippen MR) is 35.9 cm³/mol. The third-order valence-corrected chi connectivity index (χ3v) is 2.08. The molecular formula is C7H11FO3. The highest BCUT2D eigenvalue weighted by molar-refractivity contribution is 5.70. The van der Waals surface area contributed by atoms with Gasteiger partial charge in [-0.05, 0) is 19.3 Å². The number of aliphatic carboxylic acids is 1. The van der Waals surface area contributed by atoms with Crippen molar-refractivity contribution in [3.63, 3.8) is 0 Å². The SMILES string of the molecule is O=C(O)[C@H]1CC[C@@H](F)[C@@H](O)C1. The number of rotatable bonds is 1. The van der Waals surface area contributed by atoms with Gasteiger partial charge in [-0.15, -0.1) is 0 Å². The lowest BCUT2D eigenvalue weighted by molar-refractivity contribution is -0.145. The van der Waals surface area contributed by atoms with Crippen LogP contribution in [0, 0.1) is 5.92 Å². The Kier molecular flexibility index (Phi) is 2.44. The average Bonchev–Trinajstić information content (AvgIpc) is 1.94. The molecule has 0 saturated heterocycles. The van der Waals surface area contributed by atoms with Crippen LogP contribution in [0.25, 0.3) is 0 Å². The lowest BCUT2D eigenvalue weighted by Crippen LogP contribution is -2.33. The van der Waals surface area contributed by atoms with Crippen molar-refractivity contribution >= 4 is 5.97 Å². The van der Waals surface area contributed by atoms with Crippen LogP contribution in [-0.4, -0.2) is 28.5 Å². The zero-order chi connectivity index (χ0) is 8.43. The molecule has 1 aliphatic carbocycles. The fourth-order valence-corrected chi connectivity index (χ4v) is 1.33. The first-order chi connectivity index (χ1) is 5.11. The maximum absolute atomic E-state index is 12.6. The molecule has 3 atom stereocenters. The monoisotopic (exact) mass is 162 g/mol. The molecule has 1 rings (SSSR count). The topological polar surface area (TPSA) is 57.5 Å². The van der Waals surface area contributed by atoms with Crippen molar-refractivity contribution in [2.24, 2.45) is 5.92 Å². The van der Waals surface area contributed by atoms with E-state index in [0.717, 1.165) is 0 Å². The molecule has 1 saturated carbocycles. The number of aliphatic hydroxyl groups is 1. The summed E-state index contributed by atoms with van der Waals surface area (Å²) in [5.74, 6) is -1.49. The summed E-state index contributed by atoms with van der Waals surface area (Å²) >= 11 is 0. The quantitative estimate of drug-likeness (QED) is 0.592. The summed E-state index contributed by atoms with van der Waals surface area (Å²) in [6, 6.07) is 0. The Morgan fingerprint density at radius 3 is 2.55 bits per heavy atom. The predicted octanol–water partition coefficient (Wildman–Crippen LogP) is 0.570. The van der Waals surface area contributed by atoms with Crippen LogP contribution in [0.2, 0.25) is 0 Å². The van der Waals surface area contributed by atoms with Crippen molar-refractivity contribution in [1.29, 1.82) is 0 Å². The molecular weight excluding hydrogens is 151 g/mol. The molecule has 0 aromatic heterocycles. The van der Waals surface area contributed by atoms with Gasteiger partial charge in [-0.1, -0.05) is 0 Å². The Morgan fingerprint density at radius 1 is 1.45 bits per heavy atom. The van der Waals surface area contributed by atoms with E-state index < -0.39 is 24.2 Å². The Bertz CT molecular complexity index is 160. The van der Waals surface area contributed by atoms with Gasteiger partial charge in [-0.2, -0.15) is 0 Å². The summed E-state index contributed by atoms with van der Waals surface area (Å²) in [7, 11) is 0. The van der Waals surface area contributed by atoms with Crippen molar-refractivity contribution in [1.82, 2.24) is 0 Å². The van der Waals surface area contributed by atoms with Crippen LogP contribution in [0.1, 0.15) is 19.3 Å². The highest BCUT2D eigenvalue weighted by Gasteiger charge is 2.32. The molecule has 0 bridgehead atoms. The van der Waals surface area contributed by atoms with E-state index in [1.165, 1.54) is 0 Å². The van der Waals surface area contributed by atoms with Gasteiger partial charge in [0.05, 0.1) is 12.0 Å².